The highest BCUT2D eigenvalue weighted by atomic mass is 16.5. The van der Waals surface area contributed by atoms with Gasteiger partial charge in [0.1, 0.15) is 5.75 Å². The van der Waals surface area contributed by atoms with Crippen molar-refractivity contribution in [3.05, 3.63) is 24.3 Å². The summed E-state index contributed by atoms with van der Waals surface area (Å²) in [6.07, 6.45) is 2.18. The molecule has 0 spiro atoms. The van der Waals surface area contributed by atoms with Crippen molar-refractivity contribution < 1.29 is 9.53 Å². The minimum absolute atomic E-state index is 0.169. The van der Waals surface area contributed by atoms with Crippen LogP contribution in [-0.4, -0.2) is 32.8 Å². The molecule has 0 bridgehead atoms. The van der Waals surface area contributed by atoms with E-state index >= 15 is 0 Å². The number of carbonyl (C=O) groups excluding carboxylic acids is 1. The molecule has 1 aromatic carbocycles. The third-order valence-corrected chi connectivity index (χ3v) is 3.81. The maximum atomic E-state index is 11.9. The van der Waals surface area contributed by atoms with Gasteiger partial charge in [-0.15, -0.1) is 0 Å². The Labute approximate surface area is 120 Å². The minimum atomic E-state index is -0.169. The van der Waals surface area contributed by atoms with Gasteiger partial charge in [-0.1, -0.05) is 13.0 Å². The first-order valence-electron chi connectivity index (χ1n) is 7.01. The smallest absolute Gasteiger partial charge is 0.319 e. The molecule has 0 aromatic heterocycles. The monoisotopic (exact) mass is 277 g/mol. The Bertz CT molecular complexity index is 456. The van der Waals surface area contributed by atoms with Crippen LogP contribution < -0.4 is 20.7 Å². The van der Waals surface area contributed by atoms with Gasteiger partial charge in [0, 0.05) is 18.3 Å². The normalized spacial score (nSPS) is 17.3. The lowest BCUT2D eigenvalue weighted by molar-refractivity contribution is 0.213. The van der Waals surface area contributed by atoms with Crippen molar-refractivity contribution >= 4 is 11.7 Å². The molecule has 1 heterocycles. The Morgan fingerprint density at radius 2 is 2.15 bits per heavy atom. The van der Waals surface area contributed by atoms with E-state index in [1.165, 1.54) is 0 Å². The largest absolute Gasteiger partial charge is 0.497 e. The van der Waals surface area contributed by atoms with Gasteiger partial charge in [-0.05, 0) is 43.5 Å². The summed E-state index contributed by atoms with van der Waals surface area (Å²) in [4.78, 5) is 11.9. The van der Waals surface area contributed by atoms with Gasteiger partial charge in [0.15, 0.2) is 0 Å². The van der Waals surface area contributed by atoms with Gasteiger partial charge in [-0.3, -0.25) is 0 Å². The van der Waals surface area contributed by atoms with E-state index in [2.05, 4.69) is 22.9 Å². The van der Waals surface area contributed by atoms with Crippen LogP contribution in [0.5, 0.6) is 5.75 Å². The molecule has 0 aliphatic carbocycles. The Hall–Kier alpha value is -1.75. The first-order chi connectivity index (χ1) is 9.61. The fourth-order valence-corrected chi connectivity index (χ4v) is 2.38. The Morgan fingerprint density at radius 3 is 2.85 bits per heavy atom. The van der Waals surface area contributed by atoms with E-state index in [0.29, 0.717) is 6.54 Å². The Balaban J connectivity index is 1.82. The SMILES string of the molecule is COc1cccc(NC(=O)NCC2(C)CCNCC2)c1. The highest BCUT2D eigenvalue weighted by Gasteiger charge is 2.26. The number of amides is 2. The zero-order valence-corrected chi connectivity index (χ0v) is 12.2. The van der Waals surface area contributed by atoms with Crippen LogP contribution in [0, 0.1) is 5.41 Å². The summed E-state index contributed by atoms with van der Waals surface area (Å²) in [7, 11) is 1.61. The van der Waals surface area contributed by atoms with Gasteiger partial charge in [-0.25, -0.2) is 4.79 Å². The molecular formula is C15H23N3O2. The second kappa shape index (κ2) is 6.61. The third-order valence-electron chi connectivity index (χ3n) is 3.81. The third kappa shape index (κ3) is 4.13. The lowest BCUT2D eigenvalue weighted by atomic mass is 9.81. The molecule has 3 N–H and O–H groups in total. The van der Waals surface area contributed by atoms with Crippen LogP contribution in [0.2, 0.25) is 0 Å². The van der Waals surface area contributed by atoms with E-state index in [1.807, 2.05) is 18.2 Å². The van der Waals surface area contributed by atoms with Crippen LogP contribution in [-0.2, 0) is 0 Å². The maximum absolute atomic E-state index is 11.9. The number of methoxy groups -OCH3 is 1. The highest BCUT2D eigenvalue weighted by Crippen LogP contribution is 2.26. The van der Waals surface area contributed by atoms with Crippen LogP contribution in [0.3, 0.4) is 0 Å². The van der Waals surface area contributed by atoms with Crippen LogP contribution in [0.4, 0.5) is 10.5 Å². The standard InChI is InChI=1S/C15H23N3O2/c1-15(6-8-16-9-7-15)11-17-14(19)18-12-4-3-5-13(10-12)20-2/h3-5,10,16H,6-9,11H2,1-2H3,(H2,17,18,19). The van der Waals surface area contributed by atoms with E-state index in [1.54, 1.807) is 13.2 Å². The van der Waals surface area contributed by atoms with E-state index in [-0.39, 0.29) is 11.4 Å². The quantitative estimate of drug-likeness (QED) is 0.790. The molecule has 1 aliphatic rings. The fourth-order valence-electron chi connectivity index (χ4n) is 2.38. The van der Waals surface area contributed by atoms with Crippen molar-refractivity contribution in [1.82, 2.24) is 10.6 Å². The second-order valence-corrected chi connectivity index (χ2v) is 5.60. The minimum Gasteiger partial charge on any atom is -0.497 e. The van der Waals surface area contributed by atoms with Gasteiger partial charge in [0.25, 0.3) is 0 Å². The predicted molar refractivity (Wildman–Crippen MR) is 80.2 cm³/mol. The van der Waals surface area contributed by atoms with E-state index < -0.39 is 0 Å². The summed E-state index contributed by atoms with van der Waals surface area (Å²) in [5, 5.41) is 9.13. The average molecular weight is 277 g/mol. The first-order valence-corrected chi connectivity index (χ1v) is 7.01. The van der Waals surface area contributed by atoms with E-state index in [9.17, 15) is 4.79 Å². The molecule has 1 aliphatic heterocycles. The van der Waals surface area contributed by atoms with Crippen LogP contribution in [0.25, 0.3) is 0 Å². The molecule has 0 radical (unpaired) electrons. The molecule has 2 amide bonds. The molecule has 5 nitrogen and oxygen atoms in total. The van der Waals surface area contributed by atoms with Gasteiger partial charge >= 0.3 is 6.03 Å². The van der Waals surface area contributed by atoms with Crippen LogP contribution in [0.1, 0.15) is 19.8 Å². The predicted octanol–water partition coefficient (Wildman–Crippen LogP) is 2.21. The molecule has 1 aromatic rings. The number of benzene rings is 1. The molecule has 0 unspecified atom stereocenters. The number of anilines is 1. The molecule has 2 rings (SSSR count). The number of rotatable bonds is 4. The number of piperidine rings is 1. The van der Waals surface area contributed by atoms with Gasteiger partial charge in [0.05, 0.1) is 7.11 Å². The second-order valence-electron chi connectivity index (χ2n) is 5.60. The van der Waals surface area contributed by atoms with Gasteiger partial charge < -0.3 is 20.7 Å². The summed E-state index contributed by atoms with van der Waals surface area (Å²) in [5.41, 5.74) is 0.925. The zero-order chi connectivity index (χ0) is 14.4. The number of carbonyl (C=O) groups is 1. The summed E-state index contributed by atoms with van der Waals surface area (Å²) in [6, 6.07) is 7.17. The van der Waals surface area contributed by atoms with Crippen LogP contribution in [0.15, 0.2) is 24.3 Å². The van der Waals surface area contributed by atoms with Crippen molar-refractivity contribution in [2.24, 2.45) is 5.41 Å². The Morgan fingerprint density at radius 1 is 1.40 bits per heavy atom. The highest BCUT2D eigenvalue weighted by molar-refractivity contribution is 5.89. The van der Waals surface area contributed by atoms with Crippen molar-refractivity contribution in [2.75, 3.05) is 32.1 Å². The van der Waals surface area contributed by atoms with Gasteiger partial charge in [0.2, 0.25) is 0 Å². The molecule has 110 valence electrons. The lowest BCUT2D eigenvalue weighted by Gasteiger charge is -2.34. The molecule has 5 heteroatoms. The molecular weight excluding hydrogens is 254 g/mol. The number of hydrogen-bond donors (Lipinski definition) is 3. The zero-order valence-electron chi connectivity index (χ0n) is 12.2. The molecule has 20 heavy (non-hydrogen) atoms. The fraction of sp³-hybridized carbons (Fsp3) is 0.533. The van der Waals surface area contributed by atoms with Crippen LogP contribution >= 0.6 is 0 Å². The summed E-state index contributed by atoms with van der Waals surface area (Å²) in [6.45, 7) is 4.97. The van der Waals surface area contributed by atoms with Crippen molar-refractivity contribution in [3.63, 3.8) is 0 Å². The Kier molecular flexibility index (Phi) is 4.84. The topological polar surface area (TPSA) is 62.4 Å². The number of ether oxygens (including phenoxy) is 1. The summed E-state index contributed by atoms with van der Waals surface area (Å²) in [5.74, 6) is 0.730. The van der Waals surface area contributed by atoms with E-state index in [4.69, 9.17) is 4.74 Å². The maximum Gasteiger partial charge on any atom is 0.319 e. The average Bonchev–Trinajstić information content (AvgIpc) is 2.46. The van der Waals surface area contributed by atoms with Crippen molar-refractivity contribution in [3.8, 4) is 5.75 Å². The molecule has 1 saturated heterocycles. The van der Waals surface area contributed by atoms with Gasteiger partial charge in [-0.2, -0.15) is 0 Å². The first kappa shape index (κ1) is 14.7. The number of urea groups is 1. The molecule has 0 saturated carbocycles. The number of nitrogens with one attached hydrogen (secondary N) is 3. The van der Waals surface area contributed by atoms with Crippen molar-refractivity contribution in [1.29, 1.82) is 0 Å². The molecule has 0 atom stereocenters. The van der Waals surface area contributed by atoms with E-state index in [0.717, 1.165) is 37.4 Å². The summed E-state index contributed by atoms with van der Waals surface area (Å²) >= 11 is 0. The number of hydrogen-bond acceptors (Lipinski definition) is 3. The summed E-state index contributed by atoms with van der Waals surface area (Å²) < 4.78 is 5.13. The van der Waals surface area contributed by atoms with Crippen molar-refractivity contribution in [2.45, 2.75) is 19.8 Å². The molecule has 1 fully saturated rings. The lowest BCUT2D eigenvalue weighted by Crippen LogP contribution is -2.43.